The van der Waals surface area contributed by atoms with E-state index in [0.29, 0.717) is 19.4 Å². The monoisotopic (exact) mass is 916 g/mol. The van der Waals surface area contributed by atoms with Crippen LogP contribution in [0.3, 0.4) is 0 Å². The van der Waals surface area contributed by atoms with Crippen molar-refractivity contribution < 1.29 is 24.5 Å². The summed E-state index contributed by atoms with van der Waals surface area (Å²) < 4.78 is 5.44. The van der Waals surface area contributed by atoms with Gasteiger partial charge in [0.25, 0.3) is 0 Å². The average Bonchev–Trinajstić information content (AvgIpc) is 3.31. The van der Waals surface area contributed by atoms with E-state index in [1.54, 1.807) is 6.08 Å². The lowest BCUT2D eigenvalue weighted by molar-refractivity contribution is -0.143. The smallest absolute Gasteiger partial charge is 0.305 e. The number of carbonyl (C=O) groups is 2. The van der Waals surface area contributed by atoms with Crippen LogP contribution in [0.25, 0.3) is 0 Å². The summed E-state index contributed by atoms with van der Waals surface area (Å²) in [4.78, 5) is 24.5. The van der Waals surface area contributed by atoms with E-state index in [1.165, 1.54) is 231 Å². The molecule has 0 fully saturated rings. The van der Waals surface area contributed by atoms with Gasteiger partial charge in [0.2, 0.25) is 5.91 Å². The Morgan fingerprint density at radius 3 is 1.14 bits per heavy atom. The van der Waals surface area contributed by atoms with Gasteiger partial charge < -0.3 is 20.3 Å². The molecule has 0 aliphatic heterocycles. The molecule has 2 unspecified atom stereocenters. The topological polar surface area (TPSA) is 95.9 Å². The second kappa shape index (κ2) is 54.9. The Balaban J connectivity index is 3.49. The van der Waals surface area contributed by atoms with Gasteiger partial charge in [0.05, 0.1) is 25.4 Å². The number of esters is 1. The predicted molar refractivity (Wildman–Crippen MR) is 283 cm³/mol. The van der Waals surface area contributed by atoms with Crippen LogP contribution in [0, 0.1) is 0 Å². The Morgan fingerprint density at radius 2 is 0.738 bits per heavy atom. The first kappa shape index (κ1) is 63.3. The van der Waals surface area contributed by atoms with Crippen molar-refractivity contribution >= 4 is 11.9 Å². The number of allylic oxidation sites excluding steroid dienone is 3. The van der Waals surface area contributed by atoms with E-state index in [9.17, 15) is 19.8 Å². The maximum atomic E-state index is 12.5. The molecule has 6 nitrogen and oxygen atoms in total. The van der Waals surface area contributed by atoms with Crippen LogP contribution >= 0.6 is 0 Å². The Morgan fingerprint density at radius 1 is 0.415 bits per heavy atom. The van der Waals surface area contributed by atoms with E-state index >= 15 is 0 Å². The summed E-state index contributed by atoms with van der Waals surface area (Å²) in [6.07, 6.45) is 66.3. The van der Waals surface area contributed by atoms with Crippen LogP contribution in [0.2, 0.25) is 0 Å². The van der Waals surface area contributed by atoms with Gasteiger partial charge in [0, 0.05) is 12.8 Å². The van der Waals surface area contributed by atoms with Crippen molar-refractivity contribution in [3.05, 3.63) is 24.3 Å². The van der Waals surface area contributed by atoms with Gasteiger partial charge in [-0.05, 0) is 51.4 Å². The molecule has 3 N–H and O–H groups in total. The maximum absolute atomic E-state index is 12.5. The number of hydrogen-bond donors (Lipinski definition) is 3. The van der Waals surface area contributed by atoms with Crippen molar-refractivity contribution in [1.82, 2.24) is 5.32 Å². The summed E-state index contributed by atoms with van der Waals surface area (Å²) in [7, 11) is 0. The van der Waals surface area contributed by atoms with Crippen LogP contribution in [0.15, 0.2) is 24.3 Å². The van der Waals surface area contributed by atoms with Crippen LogP contribution in [0.5, 0.6) is 0 Å². The van der Waals surface area contributed by atoms with Gasteiger partial charge in [-0.2, -0.15) is 0 Å². The molecule has 0 radical (unpaired) electrons. The SMILES string of the molecule is CCCC/C=C\CCCCCCCC(=O)OCCCCCCCCCCCCCCC(=O)NC(CO)C(O)/C=C/CCCCCCCCCCCCCCCCCCCCCCCCC. The standard InChI is InChI=1S/C59H113NO5/c1-3-5-7-9-11-13-15-16-17-18-19-20-21-22-23-24-25-26-27-28-32-35-39-43-47-51-57(62)56(55-61)60-58(63)52-48-44-40-36-33-29-30-34-38-42-46-50-54-65-59(64)53-49-45-41-37-31-14-12-10-8-6-4-2/h10,12,47,51,56-57,61-62H,3-9,11,13-46,48-50,52-55H2,1-2H3,(H,60,63)/b12-10-,51-47+. The van der Waals surface area contributed by atoms with Crippen LogP contribution in [0.4, 0.5) is 0 Å². The largest absolute Gasteiger partial charge is 0.466 e. The molecule has 0 aromatic carbocycles. The molecule has 0 aliphatic carbocycles. The third-order valence-electron chi connectivity index (χ3n) is 13.5. The van der Waals surface area contributed by atoms with E-state index in [-0.39, 0.29) is 18.5 Å². The zero-order valence-electron chi connectivity index (χ0n) is 43.7. The average molecular weight is 917 g/mol. The van der Waals surface area contributed by atoms with Crippen molar-refractivity contribution in [2.45, 2.75) is 328 Å². The fourth-order valence-electron chi connectivity index (χ4n) is 8.97. The number of amides is 1. The van der Waals surface area contributed by atoms with Crippen molar-refractivity contribution in [3.63, 3.8) is 0 Å². The molecule has 65 heavy (non-hydrogen) atoms. The third-order valence-corrected chi connectivity index (χ3v) is 13.5. The molecule has 2 atom stereocenters. The first-order valence-electron chi connectivity index (χ1n) is 29.1. The Labute approximate surface area is 405 Å². The lowest BCUT2D eigenvalue weighted by Crippen LogP contribution is -2.45. The predicted octanol–water partition coefficient (Wildman–Crippen LogP) is 17.9. The molecular formula is C59H113NO5. The Hall–Kier alpha value is -1.66. The number of carbonyl (C=O) groups excluding carboxylic acids is 2. The molecule has 1 amide bonds. The van der Waals surface area contributed by atoms with Gasteiger partial charge in [-0.25, -0.2) is 0 Å². The quantitative estimate of drug-likeness (QED) is 0.0321. The molecule has 0 bridgehead atoms. The number of ether oxygens (including phenoxy) is 1. The number of aliphatic hydroxyl groups is 2. The Bertz CT molecular complexity index is 1010. The summed E-state index contributed by atoms with van der Waals surface area (Å²) in [6, 6.07) is -0.641. The first-order valence-corrected chi connectivity index (χ1v) is 29.1. The molecule has 384 valence electrons. The van der Waals surface area contributed by atoms with Gasteiger partial charge in [-0.15, -0.1) is 0 Å². The molecule has 0 aliphatic rings. The molecule has 0 aromatic heterocycles. The zero-order chi connectivity index (χ0) is 47.2. The minimum atomic E-state index is -0.856. The van der Waals surface area contributed by atoms with Crippen LogP contribution in [-0.4, -0.2) is 47.4 Å². The molecule has 0 heterocycles. The minimum absolute atomic E-state index is 0.0213. The van der Waals surface area contributed by atoms with E-state index < -0.39 is 12.1 Å². The van der Waals surface area contributed by atoms with E-state index in [0.717, 1.165) is 57.8 Å². The van der Waals surface area contributed by atoms with Crippen LogP contribution in [-0.2, 0) is 14.3 Å². The van der Waals surface area contributed by atoms with Crippen molar-refractivity contribution in [2.24, 2.45) is 0 Å². The van der Waals surface area contributed by atoms with Crippen LogP contribution in [0.1, 0.15) is 316 Å². The summed E-state index contributed by atoms with van der Waals surface area (Å²) in [6.45, 7) is 4.85. The number of nitrogens with one attached hydrogen (secondary N) is 1. The van der Waals surface area contributed by atoms with Gasteiger partial charge in [-0.3, -0.25) is 9.59 Å². The number of aliphatic hydroxyl groups excluding tert-OH is 2. The first-order chi connectivity index (χ1) is 32.0. The second-order valence-corrected chi connectivity index (χ2v) is 20.0. The normalized spacial score (nSPS) is 12.7. The zero-order valence-corrected chi connectivity index (χ0v) is 43.7. The lowest BCUT2D eigenvalue weighted by atomic mass is 10.0. The van der Waals surface area contributed by atoms with E-state index in [1.807, 2.05) is 6.08 Å². The molecule has 6 heteroatoms. The van der Waals surface area contributed by atoms with Crippen LogP contribution < -0.4 is 5.32 Å². The summed E-state index contributed by atoms with van der Waals surface area (Å²) >= 11 is 0. The van der Waals surface area contributed by atoms with Crippen molar-refractivity contribution in [1.29, 1.82) is 0 Å². The van der Waals surface area contributed by atoms with Gasteiger partial charge in [0.15, 0.2) is 0 Å². The third kappa shape index (κ3) is 51.6. The summed E-state index contributed by atoms with van der Waals surface area (Å²) in [5.41, 5.74) is 0. The molecule has 0 rings (SSSR count). The molecule has 0 spiro atoms. The molecular weight excluding hydrogens is 803 g/mol. The van der Waals surface area contributed by atoms with Gasteiger partial charge in [0.1, 0.15) is 0 Å². The van der Waals surface area contributed by atoms with Gasteiger partial charge in [-0.1, -0.05) is 276 Å². The summed E-state index contributed by atoms with van der Waals surface area (Å²) in [5.74, 6) is -0.102. The van der Waals surface area contributed by atoms with E-state index in [4.69, 9.17) is 4.74 Å². The lowest BCUT2D eigenvalue weighted by Gasteiger charge is -2.20. The fraction of sp³-hybridized carbons (Fsp3) is 0.898. The van der Waals surface area contributed by atoms with Crippen molar-refractivity contribution in [3.8, 4) is 0 Å². The number of unbranched alkanes of at least 4 members (excludes halogenated alkanes) is 41. The number of hydrogen-bond acceptors (Lipinski definition) is 5. The Kier molecular flexibility index (Phi) is 53.5. The summed E-state index contributed by atoms with van der Waals surface area (Å²) in [5, 5.41) is 23.2. The number of rotatable bonds is 54. The highest BCUT2D eigenvalue weighted by molar-refractivity contribution is 5.76. The highest BCUT2D eigenvalue weighted by Crippen LogP contribution is 2.17. The fourth-order valence-corrected chi connectivity index (χ4v) is 8.97. The minimum Gasteiger partial charge on any atom is -0.466 e. The van der Waals surface area contributed by atoms with E-state index in [2.05, 4.69) is 31.3 Å². The molecule has 0 saturated heterocycles. The maximum Gasteiger partial charge on any atom is 0.305 e. The second-order valence-electron chi connectivity index (χ2n) is 20.0. The van der Waals surface area contributed by atoms with Crippen molar-refractivity contribution in [2.75, 3.05) is 13.2 Å². The highest BCUT2D eigenvalue weighted by atomic mass is 16.5. The van der Waals surface area contributed by atoms with Gasteiger partial charge >= 0.3 is 5.97 Å². The highest BCUT2D eigenvalue weighted by Gasteiger charge is 2.18. The molecule has 0 saturated carbocycles. The molecule has 0 aromatic rings.